The van der Waals surface area contributed by atoms with Gasteiger partial charge in [-0.15, -0.1) is 0 Å². The van der Waals surface area contributed by atoms with E-state index >= 15 is 0 Å². The first-order valence-corrected chi connectivity index (χ1v) is 5.35. The molecule has 0 spiro atoms. The highest BCUT2D eigenvalue weighted by Gasteiger charge is 2.30. The number of alkyl halides is 1. The Morgan fingerprint density at radius 3 is 2.25 bits per heavy atom. The maximum atomic E-state index is 11.7. The lowest BCUT2D eigenvalue weighted by molar-refractivity contribution is -0.150. The zero-order chi connectivity index (χ0) is 12.1. The van der Waals surface area contributed by atoms with Crippen LogP contribution in [0.3, 0.4) is 0 Å². The fourth-order valence-electron chi connectivity index (χ4n) is 1.07. The molecule has 0 saturated heterocycles. The number of hydrogen-bond acceptors (Lipinski definition) is 4. The molecule has 5 heteroatoms. The van der Waals surface area contributed by atoms with E-state index in [1.54, 1.807) is 30.3 Å². The molecule has 0 aliphatic carbocycles. The number of benzene rings is 1. The number of rotatable bonds is 4. The molecule has 1 rings (SSSR count). The summed E-state index contributed by atoms with van der Waals surface area (Å²) in [6, 6.07) is 8.25. The average molecular weight is 285 g/mol. The molecule has 0 amide bonds. The lowest BCUT2D eigenvalue weighted by atomic mass is 10.1. The van der Waals surface area contributed by atoms with Gasteiger partial charge in [0.05, 0.1) is 7.11 Å². The van der Waals surface area contributed by atoms with E-state index in [1.165, 1.54) is 0 Å². The average Bonchev–Trinajstić information content (AvgIpc) is 2.36. The third-order valence-electron chi connectivity index (χ3n) is 1.91. The van der Waals surface area contributed by atoms with Gasteiger partial charge in [-0.2, -0.15) is 0 Å². The van der Waals surface area contributed by atoms with E-state index < -0.39 is 22.4 Å². The van der Waals surface area contributed by atoms with Crippen molar-refractivity contribution in [1.82, 2.24) is 0 Å². The highest BCUT2D eigenvalue weighted by Crippen LogP contribution is 2.11. The number of hydrogen-bond donors (Lipinski definition) is 0. The van der Waals surface area contributed by atoms with Crippen LogP contribution in [0.25, 0.3) is 0 Å². The molecule has 0 bridgehead atoms. The SMILES string of the molecule is COC(=O)C(=O)[C@H](Br)C(=O)c1ccccc1. The second-order valence-electron chi connectivity index (χ2n) is 2.95. The normalized spacial score (nSPS) is 11.6. The molecule has 16 heavy (non-hydrogen) atoms. The zero-order valence-corrected chi connectivity index (χ0v) is 10.1. The van der Waals surface area contributed by atoms with E-state index in [1.807, 2.05) is 0 Å². The molecule has 0 N–H and O–H groups in total. The summed E-state index contributed by atoms with van der Waals surface area (Å²) in [5, 5.41) is 0. The highest BCUT2D eigenvalue weighted by atomic mass is 79.9. The molecule has 0 radical (unpaired) electrons. The molecule has 1 atom stereocenters. The molecule has 1 aromatic rings. The second kappa shape index (κ2) is 5.55. The molecule has 84 valence electrons. The third-order valence-corrected chi connectivity index (χ3v) is 2.74. The number of halogens is 1. The van der Waals surface area contributed by atoms with E-state index in [4.69, 9.17) is 0 Å². The molecule has 4 nitrogen and oxygen atoms in total. The molecule has 0 unspecified atom stereocenters. The molecule has 0 heterocycles. The number of carbonyl (C=O) groups is 3. The summed E-state index contributed by atoms with van der Waals surface area (Å²) < 4.78 is 4.25. The van der Waals surface area contributed by atoms with Crippen molar-refractivity contribution in [3.63, 3.8) is 0 Å². The summed E-state index contributed by atoms with van der Waals surface area (Å²) >= 11 is 2.89. The summed E-state index contributed by atoms with van der Waals surface area (Å²) in [6.07, 6.45) is 0. The summed E-state index contributed by atoms with van der Waals surface area (Å²) in [5.74, 6) is -2.40. The van der Waals surface area contributed by atoms with Gasteiger partial charge >= 0.3 is 5.97 Å². The van der Waals surface area contributed by atoms with Gasteiger partial charge in [-0.05, 0) is 0 Å². The first-order chi connectivity index (χ1) is 7.57. The first-order valence-electron chi connectivity index (χ1n) is 4.43. The lowest BCUT2D eigenvalue weighted by Gasteiger charge is -2.05. The van der Waals surface area contributed by atoms with Crippen LogP contribution in [0, 0.1) is 0 Å². The van der Waals surface area contributed by atoms with Gasteiger partial charge in [-0.1, -0.05) is 46.3 Å². The molecule has 0 aliphatic heterocycles. The number of Topliss-reactive ketones (excluding diaryl/α,β-unsaturated/α-hetero) is 2. The Kier molecular flexibility index (Phi) is 4.37. The van der Waals surface area contributed by atoms with Gasteiger partial charge in [-0.3, -0.25) is 9.59 Å². The Labute approximate surface area is 101 Å². The van der Waals surface area contributed by atoms with Crippen LogP contribution in [0.5, 0.6) is 0 Å². The van der Waals surface area contributed by atoms with Crippen molar-refractivity contribution in [3.8, 4) is 0 Å². The smallest absolute Gasteiger partial charge is 0.376 e. The predicted molar refractivity (Wildman–Crippen MR) is 60.5 cm³/mol. The van der Waals surface area contributed by atoms with Crippen LogP contribution in [-0.4, -0.2) is 29.5 Å². The van der Waals surface area contributed by atoms with Crippen LogP contribution in [0.15, 0.2) is 30.3 Å². The topological polar surface area (TPSA) is 60.4 Å². The summed E-state index contributed by atoms with van der Waals surface area (Å²) in [5.41, 5.74) is 0.363. The number of methoxy groups -OCH3 is 1. The number of carbonyl (C=O) groups excluding carboxylic acids is 3. The number of ketones is 2. The third kappa shape index (κ3) is 2.76. The fraction of sp³-hybridized carbons (Fsp3) is 0.182. The van der Waals surface area contributed by atoms with Crippen molar-refractivity contribution < 1.29 is 19.1 Å². The van der Waals surface area contributed by atoms with Crippen molar-refractivity contribution in [2.45, 2.75) is 4.83 Å². The van der Waals surface area contributed by atoms with Crippen LogP contribution < -0.4 is 0 Å². The monoisotopic (exact) mass is 284 g/mol. The van der Waals surface area contributed by atoms with Crippen LogP contribution in [0.1, 0.15) is 10.4 Å². The van der Waals surface area contributed by atoms with E-state index in [9.17, 15) is 14.4 Å². The Morgan fingerprint density at radius 1 is 1.19 bits per heavy atom. The number of ether oxygens (including phenoxy) is 1. The Balaban J connectivity index is 2.83. The van der Waals surface area contributed by atoms with Crippen molar-refractivity contribution in [1.29, 1.82) is 0 Å². The molecule has 0 aliphatic rings. The minimum Gasteiger partial charge on any atom is -0.463 e. The summed E-state index contributed by atoms with van der Waals surface area (Å²) in [6.45, 7) is 0. The standard InChI is InChI=1S/C11H9BrO4/c1-16-11(15)10(14)8(12)9(13)7-5-3-2-4-6-7/h2-6,8H,1H3/t8-/m1/s1. The van der Waals surface area contributed by atoms with Gasteiger partial charge in [0.1, 0.15) is 4.83 Å². The Bertz CT molecular complexity index is 413. The molecule has 0 aromatic heterocycles. The maximum absolute atomic E-state index is 11.7. The first kappa shape index (κ1) is 12.6. The Morgan fingerprint density at radius 2 is 1.75 bits per heavy atom. The van der Waals surface area contributed by atoms with Gasteiger partial charge in [0.25, 0.3) is 5.78 Å². The lowest BCUT2D eigenvalue weighted by Crippen LogP contribution is -2.31. The van der Waals surface area contributed by atoms with E-state index in [2.05, 4.69) is 20.7 Å². The molecule has 1 aromatic carbocycles. The zero-order valence-electron chi connectivity index (χ0n) is 8.48. The van der Waals surface area contributed by atoms with Crippen LogP contribution in [0.2, 0.25) is 0 Å². The van der Waals surface area contributed by atoms with Crippen molar-refractivity contribution in [2.75, 3.05) is 7.11 Å². The molecular formula is C11H9BrO4. The quantitative estimate of drug-likeness (QED) is 0.276. The van der Waals surface area contributed by atoms with Gasteiger partial charge < -0.3 is 4.74 Å². The van der Waals surface area contributed by atoms with Gasteiger partial charge in [-0.25, -0.2) is 4.79 Å². The van der Waals surface area contributed by atoms with Crippen molar-refractivity contribution >= 4 is 33.5 Å². The van der Waals surface area contributed by atoms with Crippen molar-refractivity contribution in [3.05, 3.63) is 35.9 Å². The summed E-state index contributed by atoms with van der Waals surface area (Å²) in [4.78, 5) is 32.8. The molecule has 0 fully saturated rings. The largest absolute Gasteiger partial charge is 0.463 e. The van der Waals surface area contributed by atoms with Crippen LogP contribution >= 0.6 is 15.9 Å². The Hall–Kier alpha value is -1.49. The van der Waals surface area contributed by atoms with Crippen LogP contribution in [-0.2, 0) is 14.3 Å². The second-order valence-corrected chi connectivity index (χ2v) is 3.86. The van der Waals surface area contributed by atoms with Gasteiger partial charge in [0.2, 0.25) is 0 Å². The van der Waals surface area contributed by atoms with Gasteiger partial charge in [0.15, 0.2) is 5.78 Å². The number of esters is 1. The van der Waals surface area contributed by atoms with Crippen molar-refractivity contribution in [2.24, 2.45) is 0 Å². The maximum Gasteiger partial charge on any atom is 0.376 e. The van der Waals surface area contributed by atoms with E-state index in [-0.39, 0.29) is 0 Å². The molecule has 0 saturated carbocycles. The van der Waals surface area contributed by atoms with Crippen LogP contribution in [0.4, 0.5) is 0 Å². The minimum atomic E-state index is -1.19. The molecular weight excluding hydrogens is 276 g/mol. The predicted octanol–water partition coefficient (Wildman–Crippen LogP) is 1.37. The minimum absolute atomic E-state index is 0.363. The van der Waals surface area contributed by atoms with E-state index in [0.29, 0.717) is 5.56 Å². The fourth-order valence-corrected chi connectivity index (χ4v) is 1.52. The van der Waals surface area contributed by atoms with E-state index in [0.717, 1.165) is 7.11 Å². The summed E-state index contributed by atoms with van der Waals surface area (Å²) in [7, 11) is 1.09. The highest BCUT2D eigenvalue weighted by molar-refractivity contribution is 9.10. The van der Waals surface area contributed by atoms with Gasteiger partial charge in [0, 0.05) is 5.56 Å².